The molecule has 0 saturated carbocycles. The van der Waals surface area contributed by atoms with Gasteiger partial charge < -0.3 is 9.64 Å². The normalized spacial score (nSPS) is 17.0. The number of fused-ring (bicyclic) bond motifs is 1. The van der Waals surface area contributed by atoms with Crippen molar-refractivity contribution in [3.63, 3.8) is 0 Å². The van der Waals surface area contributed by atoms with E-state index in [9.17, 15) is 9.59 Å². The minimum absolute atomic E-state index is 0.203. The molecule has 0 radical (unpaired) electrons. The van der Waals surface area contributed by atoms with Gasteiger partial charge in [-0.05, 0) is 47.9 Å². The van der Waals surface area contributed by atoms with E-state index in [1.807, 2.05) is 49.4 Å². The quantitative estimate of drug-likeness (QED) is 0.224. The van der Waals surface area contributed by atoms with Crippen LogP contribution in [0.2, 0.25) is 0 Å². The monoisotopic (exact) mass is 597 g/mol. The molecule has 2 aliphatic heterocycles. The predicted molar refractivity (Wildman–Crippen MR) is 172 cm³/mol. The Morgan fingerprint density at radius 3 is 2.36 bits per heavy atom. The molecular weight excluding hydrogens is 567 g/mol. The van der Waals surface area contributed by atoms with Gasteiger partial charge in [-0.25, -0.2) is 4.98 Å². The molecule has 2 fully saturated rings. The topological polar surface area (TPSA) is 70.4 Å². The number of thioether (sulfide) groups is 1. The molecule has 2 saturated heterocycles. The van der Waals surface area contributed by atoms with Crippen LogP contribution in [0, 0.1) is 6.92 Å². The number of hydrogen-bond acceptors (Lipinski definition) is 8. The number of pyridine rings is 1. The number of amides is 1. The fraction of sp³-hybridized carbons (Fsp3) is 0.250. The number of piperazine rings is 1. The molecule has 2 aromatic heterocycles. The predicted octanol–water partition coefficient (Wildman–Crippen LogP) is 4.74. The number of nitrogens with zero attached hydrogens (tertiary/aromatic N) is 5. The van der Waals surface area contributed by atoms with E-state index in [0.29, 0.717) is 32.8 Å². The van der Waals surface area contributed by atoms with Gasteiger partial charge >= 0.3 is 0 Å². The van der Waals surface area contributed by atoms with Crippen LogP contribution in [0.15, 0.2) is 82.6 Å². The Morgan fingerprint density at radius 1 is 0.929 bits per heavy atom. The molecule has 0 N–H and O–H groups in total. The van der Waals surface area contributed by atoms with Crippen molar-refractivity contribution >= 4 is 51.7 Å². The summed E-state index contributed by atoms with van der Waals surface area (Å²) in [5, 5.41) is 0. The molecule has 42 heavy (non-hydrogen) atoms. The van der Waals surface area contributed by atoms with Crippen LogP contribution in [0.3, 0.4) is 0 Å². The highest BCUT2D eigenvalue weighted by molar-refractivity contribution is 8.26. The van der Waals surface area contributed by atoms with Crippen LogP contribution in [-0.4, -0.2) is 62.7 Å². The highest BCUT2D eigenvalue weighted by Crippen LogP contribution is 2.35. The van der Waals surface area contributed by atoms with Crippen molar-refractivity contribution < 1.29 is 9.53 Å². The Balaban J connectivity index is 1.30. The van der Waals surface area contributed by atoms with Crippen LogP contribution in [-0.2, 0) is 17.9 Å². The highest BCUT2D eigenvalue weighted by Gasteiger charge is 2.33. The third kappa shape index (κ3) is 5.83. The molecule has 0 aliphatic carbocycles. The van der Waals surface area contributed by atoms with Gasteiger partial charge in [-0.3, -0.25) is 23.8 Å². The van der Waals surface area contributed by atoms with Crippen molar-refractivity contribution in [3.05, 3.63) is 110 Å². The van der Waals surface area contributed by atoms with E-state index in [4.69, 9.17) is 21.9 Å². The van der Waals surface area contributed by atoms with Crippen molar-refractivity contribution in [2.24, 2.45) is 0 Å². The number of carbonyl (C=O) groups excluding carboxylic acids is 1. The summed E-state index contributed by atoms with van der Waals surface area (Å²) in [6, 6.07) is 21.8. The lowest BCUT2D eigenvalue weighted by Crippen LogP contribution is -2.47. The number of ether oxygens (including phenoxy) is 1. The summed E-state index contributed by atoms with van der Waals surface area (Å²) in [4.78, 5) is 39.0. The van der Waals surface area contributed by atoms with E-state index < -0.39 is 0 Å². The number of hydrogen-bond donors (Lipinski definition) is 0. The number of thiocarbonyl (C=S) groups is 1. The van der Waals surface area contributed by atoms with Crippen molar-refractivity contribution in [3.8, 4) is 5.75 Å². The van der Waals surface area contributed by atoms with Crippen LogP contribution in [0.4, 0.5) is 5.82 Å². The van der Waals surface area contributed by atoms with Gasteiger partial charge in [0.1, 0.15) is 21.5 Å². The summed E-state index contributed by atoms with van der Waals surface area (Å²) in [5.41, 5.74) is 3.94. The maximum absolute atomic E-state index is 13.9. The zero-order valence-electron chi connectivity index (χ0n) is 23.5. The molecular formula is C32H31N5O3S2. The first-order chi connectivity index (χ1) is 20.4. The Hall–Kier alpha value is -3.99. The first kappa shape index (κ1) is 28.1. The molecule has 6 rings (SSSR count). The summed E-state index contributed by atoms with van der Waals surface area (Å²) in [6.07, 6.45) is 3.47. The number of anilines is 1. The van der Waals surface area contributed by atoms with Gasteiger partial charge in [0, 0.05) is 38.9 Å². The van der Waals surface area contributed by atoms with Gasteiger partial charge in [0.2, 0.25) is 0 Å². The van der Waals surface area contributed by atoms with Crippen LogP contribution >= 0.6 is 24.0 Å². The molecule has 214 valence electrons. The Morgan fingerprint density at radius 2 is 1.64 bits per heavy atom. The first-order valence-corrected chi connectivity index (χ1v) is 15.0. The van der Waals surface area contributed by atoms with Crippen LogP contribution in [0.5, 0.6) is 5.75 Å². The molecule has 0 atom stereocenters. The molecule has 0 unspecified atom stereocenters. The van der Waals surface area contributed by atoms with Crippen LogP contribution < -0.4 is 15.2 Å². The van der Waals surface area contributed by atoms with Gasteiger partial charge in [-0.15, -0.1) is 0 Å². The number of rotatable bonds is 7. The van der Waals surface area contributed by atoms with Gasteiger partial charge in [-0.2, -0.15) is 0 Å². The van der Waals surface area contributed by atoms with Crippen molar-refractivity contribution in [2.45, 2.75) is 20.0 Å². The standard InChI is InChI=1S/C32H31N5O3S2/c1-22-8-13-28-33-29(35-16-14-34(15-17-35)20-23-6-4-3-5-7-23)26(30(38)36(28)19-22)18-27-31(39)37(32(41)42-27)21-24-9-11-25(40-2)12-10-24/h3-13,18-19H,14-17,20-21H2,1-2H3/b27-18+. The first-order valence-electron chi connectivity index (χ1n) is 13.8. The molecule has 4 heterocycles. The fourth-order valence-corrected chi connectivity index (χ4v) is 6.49. The number of carbonyl (C=O) groups is 1. The second kappa shape index (κ2) is 12.1. The van der Waals surface area contributed by atoms with E-state index >= 15 is 0 Å². The zero-order valence-corrected chi connectivity index (χ0v) is 25.2. The molecule has 10 heteroatoms. The molecule has 2 aliphatic rings. The molecule has 8 nitrogen and oxygen atoms in total. The van der Waals surface area contributed by atoms with Crippen molar-refractivity contribution in [1.82, 2.24) is 19.2 Å². The summed E-state index contributed by atoms with van der Waals surface area (Å²) in [7, 11) is 1.62. The largest absolute Gasteiger partial charge is 0.497 e. The van der Waals surface area contributed by atoms with Gasteiger partial charge in [-0.1, -0.05) is 72.5 Å². The maximum atomic E-state index is 13.9. The third-order valence-electron chi connectivity index (χ3n) is 7.56. The van der Waals surface area contributed by atoms with Gasteiger partial charge in [0.15, 0.2) is 0 Å². The molecule has 2 aromatic carbocycles. The molecule has 4 aromatic rings. The molecule has 0 bridgehead atoms. The highest BCUT2D eigenvalue weighted by atomic mass is 32.2. The fourth-order valence-electron chi connectivity index (χ4n) is 5.25. The van der Waals surface area contributed by atoms with E-state index in [1.165, 1.54) is 17.3 Å². The van der Waals surface area contributed by atoms with E-state index in [-0.39, 0.29) is 11.5 Å². The van der Waals surface area contributed by atoms with Gasteiger partial charge in [0.25, 0.3) is 11.5 Å². The number of aryl methyl sites for hydroxylation is 1. The second-order valence-electron chi connectivity index (χ2n) is 10.5. The number of aromatic nitrogens is 2. The summed E-state index contributed by atoms with van der Waals surface area (Å²) in [5.74, 6) is 1.13. The SMILES string of the molecule is COc1ccc(CN2C(=O)/C(=C\c3c(N4CCN(Cc5ccccc5)CC4)nc4ccc(C)cn4c3=O)SC2=S)cc1. The molecule has 0 spiro atoms. The average Bonchev–Trinajstić information content (AvgIpc) is 3.27. The van der Waals surface area contributed by atoms with Crippen molar-refractivity contribution in [1.29, 1.82) is 0 Å². The van der Waals surface area contributed by atoms with Gasteiger partial charge in [0.05, 0.1) is 24.1 Å². The number of benzene rings is 2. The van der Waals surface area contributed by atoms with E-state index in [2.05, 4.69) is 34.1 Å². The summed E-state index contributed by atoms with van der Waals surface area (Å²) in [6.45, 7) is 6.29. The minimum Gasteiger partial charge on any atom is -0.497 e. The Labute approximate surface area is 254 Å². The second-order valence-corrected chi connectivity index (χ2v) is 12.1. The average molecular weight is 598 g/mol. The van der Waals surface area contributed by atoms with Crippen LogP contribution in [0.25, 0.3) is 11.7 Å². The van der Waals surface area contributed by atoms with Crippen molar-refractivity contribution in [2.75, 3.05) is 38.2 Å². The lowest BCUT2D eigenvalue weighted by Gasteiger charge is -2.36. The smallest absolute Gasteiger partial charge is 0.267 e. The maximum Gasteiger partial charge on any atom is 0.267 e. The number of methoxy groups -OCH3 is 1. The Kier molecular flexibility index (Phi) is 8.10. The van der Waals surface area contributed by atoms with Crippen LogP contribution in [0.1, 0.15) is 22.3 Å². The minimum atomic E-state index is -0.215. The summed E-state index contributed by atoms with van der Waals surface area (Å²) >= 11 is 6.82. The van der Waals surface area contributed by atoms with E-state index in [0.717, 1.165) is 49.6 Å². The molecule has 1 amide bonds. The Bertz CT molecular complexity index is 1730. The lowest BCUT2D eigenvalue weighted by molar-refractivity contribution is -0.122. The lowest BCUT2D eigenvalue weighted by atomic mass is 10.1. The van der Waals surface area contributed by atoms with E-state index in [1.54, 1.807) is 28.7 Å². The zero-order chi connectivity index (χ0) is 29.2. The third-order valence-corrected chi connectivity index (χ3v) is 8.93. The summed E-state index contributed by atoms with van der Waals surface area (Å²) < 4.78 is 7.27.